The first-order valence-electron chi connectivity index (χ1n) is 5.99. The zero-order chi connectivity index (χ0) is 12.5. The van der Waals surface area contributed by atoms with Crippen LogP contribution < -0.4 is 16.4 Å². The van der Waals surface area contributed by atoms with Crippen LogP contribution in [0.2, 0.25) is 0 Å². The number of nitrogens with two attached hydrogens (primary N) is 2. The minimum atomic E-state index is 0.336. The molecule has 0 aliphatic carbocycles. The summed E-state index contributed by atoms with van der Waals surface area (Å²) in [5, 5.41) is 0. The van der Waals surface area contributed by atoms with Crippen molar-refractivity contribution in [2.45, 2.75) is 12.8 Å². The molecule has 0 saturated carbocycles. The van der Waals surface area contributed by atoms with Crippen molar-refractivity contribution in [2.75, 3.05) is 22.9 Å². The Morgan fingerprint density at radius 3 is 2.83 bits per heavy atom. The molecular weight excluding hydrogens is 226 g/mol. The number of hydrogen-bond donors (Lipinski definition) is 2. The molecule has 0 bridgehead atoms. The summed E-state index contributed by atoms with van der Waals surface area (Å²) < 4.78 is 0. The molecule has 4 N–H and O–H groups in total. The highest BCUT2D eigenvalue weighted by Gasteiger charge is 2.21. The van der Waals surface area contributed by atoms with E-state index in [1.807, 2.05) is 6.07 Å². The third-order valence-electron chi connectivity index (χ3n) is 3.26. The second-order valence-electron chi connectivity index (χ2n) is 4.38. The van der Waals surface area contributed by atoms with E-state index in [1.165, 1.54) is 11.9 Å². The van der Waals surface area contributed by atoms with Crippen molar-refractivity contribution in [3.63, 3.8) is 0 Å². The van der Waals surface area contributed by atoms with E-state index in [2.05, 4.69) is 33.1 Å². The van der Waals surface area contributed by atoms with Crippen molar-refractivity contribution < 1.29 is 0 Å². The standard InChI is InChI=1S/C13H15N5/c14-11-12(15)16-8-17-13(11)18-7-3-5-9-4-1-2-6-10(9)18/h1-2,4,6,8H,3,5,7,14H2,(H2,15,16,17). The molecule has 92 valence electrons. The van der Waals surface area contributed by atoms with Crippen molar-refractivity contribution in [2.24, 2.45) is 0 Å². The molecule has 5 heteroatoms. The summed E-state index contributed by atoms with van der Waals surface area (Å²) in [5.41, 5.74) is 14.7. The van der Waals surface area contributed by atoms with Gasteiger partial charge in [-0.15, -0.1) is 0 Å². The fraction of sp³-hybridized carbons (Fsp3) is 0.231. The van der Waals surface area contributed by atoms with Crippen molar-refractivity contribution in [1.29, 1.82) is 0 Å². The van der Waals surface area contributed by atoms with E-state index >= 15 is 0 Å². The predicted octanol–water partition coefficient (Wildman–Crippen LogP) is 1.73. The van der Waals surface area contributed by atoms with E-state index in [9.17, 15) is 0 Å². The maximum absolute atomic E-state index is 5.98. The number of aryl methyl sites for hydroxylation is 1. The lowest BCUT2D eigenvalue weighted by Gasteiger charge is -2.31. The first-order valence-corrected chi connectivity index (χ1v) is 5.99. The van der Waals surface area contributed by atoms with Gasteiger partial charge in [-0.1, -0.05) is 18.2 Å². The highest BCUT2D eigenvalue weighted by Crippen LogP contribution is 2.35. The summed E-state index contributed by atoms with van der Waals surface area (Å²) >= 11 is 0. The summed E-state index contributed by atoms with van der Waals surface area (Å²) in [6.45, 7) is 0.900. The molecule has 0 atom stereocenters. The number of anilines is 4. The van der Waals surface area contributed by atoms with Crippen LogP contribution in [0.4, 0.5) is 23.0 Å². The fourth-order valence-electron chi connectivity index (χ4n) is 2.37. The van der Waals surface area contributed by atoms with Gasteiger partial charge < -0.3 is 16.4 Å². The quantitative estimate of drug-likeness (QED) is 0.794. The van der Waals surface area contributed by atoms with E-state index in [-0.39, 0.29) is 0 Å². The highest BCUT2D eigenvalue weighted by molar-refractivity contribution is 5.79. The normalized spacial score (nSPS) is 14.3. The summed E-state index contributed by atoms with van der Waals surface area (Å²) in [4.78, 5) is 10.3. The van der Waals surface area contributed by atoms with Gasteiger partial charge in [-0.2, -0.15) is 0 Å². The predicted molar refractivity (Wildman–Crippen MR) is 72.6 cm³/mol. The van der Waals surface area contributed by atoms with Gasteiger partial charge in [-0.3, -0.25) is 0 Å². The molecule has 1 aromatic carbocycles. The smallest absolute Gasteiger partial charge is 0.161 e. The number of nitrogens with zero attached hydrogens (tertiary/aromatic N) is 3. The topological polar surface area (TPSA) is 81.1 Å². The summed E-state index contributed by atoms with van der Waals surface area (Å²) in [5.74, 6) is 1.04. The Morgan fingerprint density at radius 1 is 1.11 bits per heavy atom. The van der Waals surface area contributed by atoms with Crippen LogP contribution in [0, 0.1) is 0 Å². The van der Waals surface area contributed by atoms with Gasteiger partial charge in [0.25, 0.3) is 0 Å². The number of aromatic nitrogens is 2. The van der Waals surface area contributed by atoms with Gasteiger partial charge >= 0.3 is 0 Å². The van der Waals surface area contributed by atoms with Gasteiger partial charge in [0, 0.05) is 12.2 Å². The van der Waals surface area contributed by atoms with Gasteiger partial charge in [0.05, 0.1) is 0 Å². The van der Waals surface area contributed by atoms with E-state index in [0.717, 1.165) is 25.1 Å². The molecule has 1 aliphatic heterocycles. The van der Waals surface area contributed by atoms with Gasteiger partial charge in [-0.05, 0) is 24.5 Å². The number of fused-ring (bicyclic) bond motifs is 1. The molecule has 3 rings (SSSR count). The molecule has 5 nitrogen and oxygen atoms in total. The third-order valence-corrected chi connectivity index (χ3v) is 3.26. The first-order chi connectivity index (χ1) is 8.77. The van der Waals surface area contributed by atoms with Crippen LogP contribution in [0.25, 0.3) is 0 Å². The maximum Gasteiger partial charge on any atom is 0.161 e. The zero-order valence-electron chi connectivity index (χ0n) is 10.0. The lowest BCUT2D eigenvalue weighted by atomic mass is 10.0. The van der Waals surface area contributed by atoms with E-state index in [0.29, 0.717) is 17.3 Å². The van der Waals surface area contributed by atoms with Crippen molar-refractivity contribution in [1.82, 2.24) is 9.97 Å². The van der Waals surface area contributed by atoms with Gasteiger partial charge in [0.15, 0.2) is 11.6 Å². The lowest BCUT2D eigenvalue weighted by molar-refractivity contribution is 0.759. The molecule has 0 unspecified atom stereocenters. The molecule has 0 fully saturated rings. The largest absolute Gasteiger partial charge is 0.393 e. The summed E-state index contributed by atoms with van der Waals surface area (Å²) in [7, 11) is 0. The van der Waals surface area contributed by atoms with Crippen LogP contribution in [0.15, 0.2) is 30.6 Å². The monoisotopic (exact) mass is 241 g/mol. The molecule has 1 aliphatic rings. The number of para-hydroxylation sites is 1. The average Bonchev–Trinajstić information content (AvgIpc) is 2.41. The molecule has 0 saturated heterocycles. The molecular formula is C13H15N5. The molecule has 0 spiro atoms. The Kier molecular flexibility index (Phi) is 2.51. The Bertz CT molecular complexity index is 581. The molecule has 18 heavy (non-hydrogen) atoms. The van der Waals surface area contributed by atoms with Crippen LogP contribution >= 0.6 is 0 Å². The van der Waals surface area contributed by atoms with Crippen LogP contribution in [0.5, 0.6) is 0 Å². The SMILES string of the molecule is Nc1ncnc(N2CCCc3ccccc32)c1N. The van der Waals surface area contributed by atoms with Crippen LogP contribution in [-0.2, 0) is 6.42 Å². The second kappa shape index (κ2) is 4.18. The number of rotatable bonds is 1. The third kappa shape index (κ3) is 1.64. The van der Waals surface area contributed by atoms with Crippen molar-refractivity contribution >= 4 is 23.0 Å². The van der Waals surface area contributed by atoms with Gasteiger partial charge in [0.2, 0.25) is 0 Å². The van der Waals surface area contributed by atoms with Crippen LogP contribution in [0.1, 0.15) is 12.0 Å². The van der Waals surface area contributed by atoms with E-state index < -0.39 is 0 Å². The zero-order valence-corrected chi connectivity index (χ0v) is 10.0. The molecule has 0 amide bonds. The Labute approximate surface area is 105 Å². The number of hydrogen-bond acceptors (Lipinski definition) is 5. The molecule has 0 radical (unpaired) electrons. The Hall–Kier alpha value is -2.30. The number of benzene rings is 1. The van der Waals surface area contributed by atoms with Gasteiger partial charge in [0.1, 0.15) is 12.0 Å². The van der Waals surface area contributed by atoms with E-state index in [1.54, 1.807) is 0 Å². The lowest BCUT2D eigenvalue weighted by Crippen LogP contribution is -2.26. The van der Waals surface area contributed by atoms with Crippen LogP contribution in [-0.4, -0.2) is 16.5 Å². The summed E-state index contributed by atoms with van der Waals surface area (Å²) in [6.07, 6.45) is 3.63. The fourth-order valence-corrected chi connectivity index (χ4v) is 2.37. The van der Waals surface area contributed by atoms with E-state index in [4.69, 9.17) is 11.5 Å². The number of nitrogen functional groups attached to an aromatic ring is 2. The van der Waals surface area contributed by atoms with Crippen LogP contribution in [0.3, 0.4) is 0 Å². The summed E-state index contributed by atoms with van der Waals surface area (Å²) in [6, 6.07) is 8.31. The minimum Gasteiger partial charge on any atom is -0.393 e. The Balaban J connectivity index is 2.11. The van der Waals surface area contributed by atoms with Crippen molar-refractivity contribution in [3.8, 4) is 0 Å². The Morgan fingerprint density at radius 2 is 1.94 bits per heavy atom. The molecule has 1 aromatic heterocycles. The molecule has 2 heterocycles. The highest BCUT2D eigenvalue weighted by atomic mass is 15.2. The maximum atomic E-state index is 5.98. The van der Waals surface area contributed by atoms with Gasteiger partial charge in [-0.25, -0.2) is 9.97 Å². The second-order valence-corrected chi connectivity index (χ2v) is 4.38. The van der Waals surface area contributed by atoms with Crippen molar-refractivity contribution in [3.05, 3.63) is 36.2 Å². The molecule has 2 aromatic rings. The average molecular weight is 241 g/mol. The first kappa shape index (κ1) is 10.8. The minimum absolute atomic E-state index is 0.336.